The molecule has 1 aliphatic heterocycles. The number of hydrogen-bond donors (Lipinski definition) is 1. The van der Waals surface area contributed by atoms with Gasteiger partial charge in [-0.3, -0.25) is 9.69 Å². The predicted octanol–water partition coefficient (Wildman–Crippen LogP) is -1.13. The lowest BCUT2D eigenvalue weighted by Crippen LogP contribution is -2.32. The molecule has 16 heavy (non-hydrogen) atoms. The van der Waals surface area contributed by atoms with E-state index in [1.807, 2.05) is 0 Å². The number of carbonyl (C=O) groups excluding carboxylic acids is 1. The molecule has 1 aliphatic rings. The number of nitrogens with zero attached hydrogens (tertiary/aromatic N) is 3. The van der Waals surface area contributed by atoms with Crippen LogP contribution in [0.2, 0.25) is 0 Å². The summed E-state index contributed by atoms with van der Waals surface area (Å²) >= 11 is 0. The second kappa shape index (κ2) is 3.80. The standard InChI is InChI=1S/C8H10N4O3S/c9-16(14,15)6-4-8(13)12(5-6)7-2-1-3-10-11-7/h1-3,6H,4-5H2,(H2,9,14,15). The van der Waals surface area contributed by atoms with E-state index in [4.69, 9.17) is 5.14 Å². The van der Waals surface area contributed by atoms with Gasteiger partial charge in [0.25, 0.3) is 0 Å². The maximum atomic E-state index is 11.6. The van der Waals surface area contributed by atoms with Crippen LogP contribution in [0.3, 0.4) is 0 Å². The van der Waals surface area contributed by atoms with Gasteiger partial charge in [0.1, 0.15) is 5.25 Å². The van der Waals surface area contributed by atoms with Crippen molar-refractivity contribution >= 4 is 21.7 Å². The minimum atomic E-state index is -3.69. The third-order valence-corrected chi connectivity index (χ3v) is 3.63. The highest BCUT2D eigenvalue weighted by molar-refractivity contribution is 7.89. The van der Waals surface area contributed by atoms with E-state index in [1.165, 1.54) is 11.1 Å². The van der Waals surface area contributed by atoms with Gasteiger partial charge in [-0.1, -0.05) is 0 Å². The third kappa shape index (κ3) is 2.02. The van der Waals surface area contributed by atoms with E-state index in [1.54, 1.807) is 12.1 Å². The number of sulfonamides is 1. The fraction of sp³-hybridized carbons (Fsp3) is 0.375. The molecule has 0 radical (unpaired) electrons. The van der Waals surface area contributed by atoms with Crippen molar-refractivity contribution in [3.63, 3.8) is 0 Å². The first-order valence-electron chi connectivity index (χ1n) is 4.58. The Hall–Kier alpha value is -1.54. The zero-order valence-electron chi connectivity index (χ0n) is 8.28. The van der Waals surface area contributed by atoms with Gasteiger partial charge < -0.3 is 0 Å². The molecule has 7 nitrogen and oxygen atoms in total. The molecule has 0 aromatic carbocycles. The first-order valence-corrected chi connectivity index (χ1v) is 6.19. The lowest BCUT2D eigenvalue weighted by atomic mass is 10.4. The molecule has 1 aromatic heterocycles. The molecule has 1 atom stereocenters. The van der Waals surface area contributed by atoms with Crippen molar-refractivity contribution in [2.45, 2.75) is 11.7 Å². The molecule has 1 aromatic rings. The van der Waals surface area contributed by atoms with Gasteiger partial charge in [0.15, 0.2) is 5.82 Å². The summed E-state index contributed by atoms with van der Waals surface area (Å²) in [6.07, 6.45) is 1.37. The molecule has 2 rings (SSSR count). The molecule has 2 heterocycles. The molecule has 2 N–H and O–H groups in total. The number of nitrogens with two attached hydrogens (primary N) is 1. The van der Waals surface area contributed by atoms with Gasteiger partial charge in [0, 0.05) is 19.2 Å². The van der Waals surface area contributed by atoms with E-state index in [-0.39, 0.29) is 18.9 Å². The van der Waals surface area contributed by atoms with Crippen LogP contribution in [0.4, 0.5) is 5.82 Å². The van der Waals surface area contributed by atoms with Crippen LogP contribution in [-0.2, 0) is 14.8 Å². The topological polar surface area (TPSA) is 106 Å². The van der Waals surface area contributed by atoms with Crippen LogP contribution in [0.5, 0.6) is 0 Å². The van der Waals surface area contributed by atoms with Crippen molar-refractivity contribution in [2.24, 2.45) is 5.14 Å². The van der Waals surface area contributed by atoms with Gasteiger partial charge in [-0.15, -0.1) is 5.10 Å². The van der Waals surface area contributed by atoms with Crippen LogP contribution in [0, 0.1) is 0 Å². The second-order valence-electron chi connectivity index (χ2n) is 3.50. The Labute approximate surface area is 92.3 Å². The zero-order valence-corrected chi connectivity index (χ0v) is 9.09. The normalized spacial score (nSPS) is 21.4. The highest BCUT2D eigenvalue weighted by Crippen LogP contribution is 2.21. The number of rotatable bonds is 2. The van der Waals surface area contributed by atoms with Crippen molar-refractivity contribution in [3.05, 3.63) is 18.3 Å². The Kier molecular flexibility index (Phi) is 2.60. The Morgan fingerprint density at radius 3 is 2.75 bits per heavy atom. The molecular weight excluding hydrogens is 232 g/mol. The van der Waals surface area contributed by atoms with Crippen molar-refractivity contribution in [1.82, 2.24) is 10.2 Å². The van der Waals surface area contributed by atoms with Gasteiger partial charge in [-0.05, 0) is 12.1 Å². The largest absolute Gasteiger partial charge is 0.294 e. The lowest BCUT2D eigenvalue weighted by molar-refractivity contribution is -0.117. The van der Waals surface area contributed by atoms with E-state index >= 15 is 0 Å². The molecule has 0 saturated carbocycles. The second-order valence-corrected chi connectivity index (χ2v) is 5.35. The summed E-state index contributed by atoms with van der Waals surface area (Å²) in [7, 11) is -3.69. The number of carbonyl (C=O) groups is 1. The van der Waals surface area contributed by atoms with Crippen LogP contribution in [0.15, 0.2) is 18.3 Å². The molecule has 1 unspecified atom stereocenters. The molecule has 1 fully saturated rings. The maximum absolute atomic E-state index is 11.6. The fourth-order valence-corrected chi connectivity index (χ4v) is 2.29. The van der Waals surface area contributed by atoms with Crippen molar-refractivity contribution in [2.75, 3.05) is 11.4 Å². The quantitative estimate of drug-likeness (QED) is 0.706. The van der Waals surface area contributed by atoms with Gasteiger partial charge in [0.05, 0.1) is 0 Å². The van der Waals surface area contributed by atoms with Crippen LogP contribution in [0.25, 0.3) is 0 Å². The summed E-state index contributed by atoms with van der Waals surface area (Å²) in [5, 5.41) is 11.5. The summed E-state index contributed by atoms with van der Waals surface area (Å²) < 4.78 is 22.2. The van der Waals surface area contributed by atoms with Crippen molar-refractivity contribution < 1.29 is 13.2 Å². The van der Waals surface area contributed by atoms with E-state index in [0.29, 0.717) is 5.82 Å². The zero-order chi connectivity index (χ0) is 11.8. The van der Waals surface area contributed by atoms with Crippen molar-refractivity contribution in [1.29, 1.82) is 0 Å². The Bertz CT molecular complexity index is 501. The first-order chi connectivity index (χ1) is 7.48. The maximum Gasteiger partial charge on any atom is 0.229 e. The smallest absolute Gasteiger partial charge is 0.229 e. The lowest BCUT2D eigenvalue weighted by Gasteiger charge is -2.13. The fourth-order valence-electron chi connectivity index (χ4n) is 1.55. The molecule has 0 spiro atoms. The monoisotopic (exact) mass is 242 g/mol. The number of anilines is 1. The molecule has 0 bridgehead atoms. The first kappa shape index (κ1) is 11.0. The van der Waals surface area contributed by atoms with Crippen LogP contribution >= 0.6 is 0 Å². The number of amides is 1. The minimum Gasteiger partial charge on any atom is -0.294 e. The average molecular weight is 242 g/mol. The van der Waals surface area contributed by atoms with Gasteiger partial charge in [-0.2, -0.15) is 5.10 Å². The minimum absolute atomic E-state index is 0.0381. The van der Waals surface area contributed by atoms with Gasteiger partial charge in [0.2, 0.25) is 15.9 Å². The van der Waals surface area contributed by atoms with Crippen molar-refractivity contribution in [3.8, 4) is 0 Å². The summed E-state index contributed by atoms with van der Waals surface area (Å²) in [6.45, 7) is 0.0381. The Balaban J connectivity index is 2.25. The average Bonchev–Trinajstić information content (AvgIpc) is 2.61. The highest BCUT2D eigenvalue weighted by Gasteiger charge is 2.37. The van der Waals surface area contributed by atoms with Crippen LogP contribution in [-0.4, -0.2) is 36.3 Å². The van der Waals surface area contributed by atoms with Gasteiger partial charge in [-0.25, -0.2) is 13.6 Å². The SMILES string of the molecule is NS(=O)(=O)C1CC(=O)N(c2cccnn2)C1. The number of aromatic nitrogens is 2. The number of primary sulfonamides is 1. The molecule has 8 heteroatoms. The molecule has 0 aliphatic carbocycles. The molecule has 1 amide bonds. The van der Waals surface area contributed by atoms with Gasteiger partial charge >= 0.3 is 0 Å². The predicted molar refractivity (Wildman–Crippen MR) is 55.9 cm³/mol. The van der Waals surface area contributed by atoms with E-state index < -0.39 is 15.3 Å². The van der Waals surface area contributed by atoms with Crippen LogP contribution < -0.4 is 10.0 Å². The summed E-state index contributed by atoms with van der Waals surface area (Å²) in [6, 6.07) is 3.22. The van der Waals surface area contributed by atoms with E-state index in [9.17, 15) is 13.2 Å². The highest BCUT2D eigenvalue weighted by atomic mass is 32.2. The molecular formula is C8H10N4O3S. The van der Waals surface area contributed by atoms with E-state index in [2.05, 4.69) is 10.2 Å². The summed E-state index contributed by atoms with van der Waals surface area (Å²) in [4.78, 5) is 12.8. The molecule has 86 valence electrons. The number of hydrogen-bond acceptors (Lipinski definition) is 5. The van der Waals surface area contributed by atoms with Crippen LogP contribution in [0.1, 0.15) is 6.42 Å². The summed E-state index contributed by atoms with van der Waals surface area (Å²) in [5.74, 6) is 0.0400. The van der Waals surface area contributed by atoms with E-state index in [0.717, 1.165) is 0 Å². The molecule has 1 saturated heterocycles. The third-order valence-electron chi connectivity index (χ3n) is 2.39. The Morgan fingerprint density at radius 2 is 2.25 bits per heavy atom. The Morgan fingerprint density at radius 1 is 1.50 bits per heavy atom. The summed E-state index contributed by atoms with van der Waals surface area (Å²) in [5.41, 5.74) is 0.